The van der Waals surface area contributed by atoms with Crippen LogP contribution in [0.15, 0.2) is 53.4 Å². The molecule has 0 bridgehead atoms. The van der Waals surface area contributed by atoms with Crippen LogP contribution in [-0.2, 0) is 16.4 Å². The molecular formula is C20H27N3O3S. The van der Waals surface area contributed by atoms with Gasteiger partial charge in [0.05, 0.1) is 4.90 Å². The molecule has 0 aliphatic carbocycles. The Labute approximate surface area is 161 Å². The van der Waals surface area contributed by atoms with Gasteiger partial charge in [0, 0.05) is 17.8 Å². The van der Waals surface area contributed by atoms with Crippen LogP contribution < -0.4 is 10.0 Å². The molecule has 2 rings (SSSR count). The molecule has 0 heterocycles. The van der Waals surface area contributed by atoms with Gasteiger partial charge in [-0.1, -0.05) is 31.2 Å². The summed E-state index contributed by atoms with van der Waals surface area (Å²) in [5, 5.41) is 2.86. The van der Waals surface area contributed by atoms with E-state index in [0.29, 0.717) is 18.5 Å². The quantitative estimate of drug-likeness (QED) is 0.647. The van der Waals surface area contributed by atoms with E-state index in [1.165, 1.54) is 12.1 Å². The highest BCUT2D eigenvalue weighted by atomic mass is 32.2. The van der Waals surface area contributed by atoms with E-state index in [9.17, 15) is 13.2 Å². The number of para-hydroxylation sites is 1. The summed E-state index contributed by atoms with van der Waals surface area (Å²) in [5.41, 5.74) is 2.06. The average Bonchev–Trinajstić information content (AvgIpc) is 2.65. The zero-order chi connectivity index (χ0) is 19.9. The van der Waals surface area contributed by atoms with Crippen molar-refractivity contribution in [3.8, 4) is 0 Å². The Morgan fingerprint density at radius 2 is 1.81 bits per heavy atom. The number of nitrogens with one attached hydrogen (secondary N) is 2. The van der Waals surface area contributed by atoms with Gasteiger partial charge < -0.3 is 10.2 Å². The van der Waals surface area contributed by atoms with Crippen molar-refractivity contribution in [1.29, 1.82) is 0 Å². The Kier molecular flexibility index (Phi) is 7.53. The lowest BCUT2D eigenvalue weighted by Gasteiger charge is -2.12. The third kappa shape index (κ3) is 6.16. The van der Waals surface area contributed by atoms with Crippen molar-refractivity contribution in [2.75, 3.05) is 32.5 Å². The summed E-state index contributed by atoms with van der Waals surface area (Å²) < 4.78 is 27.5. The van der Waals surface area contributed by atoms with E-state index in [0.717, 1.165) is 24.2 Å². The number of rotatable bonds is 9. The van der Waals surface area contributed by atoms with Crippen LogP contribution in [0.4, 0.5) is 5.69 Å². The first-order valence-electron chi connectivity index (χ1n) is 8.97. The number of carbonyl (C=O) groups is 1. The van der Waals surface area contributed by atoms with Crippen LogP contribution in [0.3, 0.4) is 0 Å². The molecule has 27 heavy (non-hydrogen) atoms. The van der Waals surface area contributed by atoms with Crippen molar-refractivity contribution >= 4 is 21.6 Å². The maximum Gasteiger partial charge on any atom is 0.255 e. The van der Waals surface area contributed by atoms with E-state index >= 15 is 0 Å². The Hall–Kier alpha value is -2.22. The zero-order valence-corrected chi connectivity index (χ0v) is 16.8. The van der Waals surface area contributed by atoms with Crippen LogP contribution in [0, 0.1) is 0 Å². The summed E-state index contributed by atoms with van der Waals surface area (Å²) in [4.78, 5) is 14.6. The van der Waals surface area contributed by atoms with Gasteiger partial charge in [-0.25, -0.2) is 13.1 Å². The predicted octanol–water partition coefficient (Wildman–Crippen LogP) is 2.73. The lowest BCUT2D eigenvalue weighted by molar-refractivity contribution is 0.102. The second-order valence-corrected chi connectivity index (χ2v) is 8.31. The van der Waals surface area contributed by atoms with Crippen molar-refractivity contribution in [2.24, 2.45) is 0 Å². The lowest BCUT2D eigenvalue weighted by atomic mass is 10.1. The van der Waals surface area contributed by atoms with Crippen molar-refractivity contribution in [3.63, 3.8) is 0 Å². The normalized spacial score (nSPS) is 11.6. The van der Waals surface area contributed by atoms with Crippen molar-refractivity contribution in [1.82, 2.24) is 9.62 Å². The first-order valence-corrected chi connectivity index (χ1v) is 10.5. The molecule has 0 aliphatic heterocycles. The van der Waals surface area contributed by atoms with Crippen LogP contribution >= 0.6 is 0 Å². The summed E-state index contributed by atoms with van der Waals surface area (Å²) >= 11 is 0. The summed E-state index contributed by atoms with van der Waals surface area (Å²) in [6.45, 7) is 3.16. The fourth-order valence-electron chi connectivity index (χ4n) is 2.63. The topological polar surface area (TPSA) is 78.5 Å². The number of aryl methyl sites for hydroxylation is 1. The highest BCUT2D eigenvalue weighted by Crippen LogP contribution is 2.18. The van der Waals surface area contributed by atoms with Gasteiger partial charge in [-0.3, -0.25) is 4.79 Å². The molecule has 0 saturated heterocycles. The molecule has 146 valence electrons. The van der Waals surface area contributed by atoms with Gasteiger partial charge in [0.2, 0.25) is 10.0 Å². The van der Waals surface area contributed by atoms with E-state index < -0.39 is 10.0 Å². The number of hydrogen-bond acceptors (Lipinski definition) is 4. The summed E-state index contributed by atoms with van der Waals surface area (Å²) in [6, 6.07) is 13.6. The average molecular weight is 390 g/mol. The Morgan fingerprint density at radius 1 is 1.07 bits per heavy atom. The van der Waals surface area contributed by atoms with Gasteiger partial charge in [0.15, 0.2) is 0 Å². The van der Waals surface area contributed by atoms with E-state index in [-0.39, 0.29) is 10.8 Å². The number of amides is 1. The SMILES string of the molecule is CCc1ccccc1NC(=O)c1cccc(S(=O)(=O)NCCCN(C)C)c1. The molecule has 0 saturated carbocycles. The second-order valence-electron chi connectivity index (χ2n) is 6.55. The molecule has 0 spiro atoms. The van der Waals surface area contributed by atoms with Crippen LogP contribution in [0.1, 0.15) is 29.3 Å². The Morgan fingerprint density at radius 3 is 2.52 bits per heavy atom. The fraction of sp³-hybridized carbons (Fsp3) is 0.350. The van der Waals surface area contributed by atoms with Gasteiger partial charge in [-0.15, -0.1) is 0 Å². The number of hydrogen-bond donors (Lipinski definition) is 2. The van der Waals surface area contributed by atoms with Gasteiger partial charge in [0.1, 0.15) is 0 Å². The molecule has 0 fully saturated rings. The van der Waals surface area contributed by atoms with E-state index in [1.54, 1.807) is 12.1 Å². The minimum Gasteiger partial charge on any atom is -0.322 e. The van der Waals surface area contributed by atoms with Gasteiger partial charge >= 0.3 is 0 Å². The summed E-state index contributed by atoms with van der Waals surface area (Å²) in [5.74, 6) is -0.333. The van der Waals surface area contributed by atoms with Crippen molar-refractivity contribution in [3.05, 3.63) is 59.7 Å². The van der Waals surface area contributed by atoms with E-state index in [1.807, 2.05) is 50.2 Å². The van der Waals surface area contributed by atoms with Gasteiger partial charge in [0.25, 0.3) is 5.91 Å². The molecule has 7 heteroatoms. The first-order chi connectivity index (χ1) is 12.8. The largest absolute Gasteiger partial charge is 0.322 e. The molecule has 0 aromatic heterocycles. The maximum atomic E-state index is 12.6. The highest BCUT2D eigenvalue weighted by Gasteiger charge is 2.16. The zero-order valence-electron chi connectivity index (χ0n) is 16.0. The number of carbonyl (C=O) groups excluding carboxylic acids is 1. The summed E-state index contributed by atoms with van der Waals surface area (Å²) in [6.07, 6.45) is 1.50. The first kappa shape index (κ1) is 21.1. The summed E-state index contributed by atoms with van der Waals surface area (Å²) in [7, 11) is 0.227. The van der Waals surface area contributed by atoms with Crippen LogP contribution in [-0.4, -0.2) is 46.4 Å². The molecule has 0 aliphatic rings. The van der Waals surface area contributed by atoms with Crippen LogP contribution in [0.25, 0.3) is 0 Å². The van der Waals surface area contributed by atoms with Gasteiger partial charge in [-0.05, 0) is 63.3 Å². The molecule has 2 N–H and O–H groups in total. The monoisotopic (exact) mass is 389 g/mol. The molecule has 0 unspecified atom stereocenters. The molecule has 0 radical (unpaired) electrons. The maximum absolute atomic E-state index is 12.6. The number of anilines is 1. The van der Waals surface area contributed by atoms with Crippen molar-refractivity contribution in [2.45, 2.75) is 24.7 Å². The minimum absolute atomic E-state index is 0.0868. The second kappa shape index (κ2) is 9.64. The lowest BCUT2D eigenvalue weighted by Crippen LogP contribution is -2.27. The van der Waals surface area contributed by atoms with Gasteiger partial charge in [-0.2, -0.15) is 0 Å². The van der Waals surface area contributed by atoms with Crippen LogP contribution in [0.5, 0.6) is 0 Å². The standard InChI is InChI=1S/C20H27N3O3S/c1-4-16-9-5-6-12-19(16)22-20(24)17-10-7-11-18(15-17)27(25,26)21-13-8-14-23(2)3/h5-7,9-12,15,21H,4,8,13-14H2,1-3H3,(H,22,24). The molecule has 6 nitrogen and oxygen atoms in total. The Balaban J connectivity index is 2.10. The molecular weight excluding hydrogens is 362 g/mol. The third-order valence-electron chi connectivity index (χ3n) is 4.13. The number of nitrogens with zero attached hydrogens (tertiary/aromatic N) is 1. The van der Waals surface area contributed by atoms with E-state index in [2.05, 4.69) is 10.0 Å². The smallest absolute Gasteiger partial charge is 0.255 e. The molecule has 2 aromatic rings. The predicted molar refractivity (Wildman–Crippen MR) is 109 cm³/mol. The highest BCUT2D eigenvalue weighted by molar-refractivity contribution is 7.89. The Bertz CT molecular complexity index is 880. The fourth-order valence-corrected chi connectivity index (χ4v) is 3.75. The third-order valence-corrected chi connectivity index (χ3v) is 5.59. The molecule has 0 atom stereocenters. The van der Waals surface area contributed by atoms with E-state index in [4.69, 9.17) is 0 Å². The number of sulfonamides is 1. The molecule has 2 aromatic carbocycles. The number of benzene rings is 2. The minimum atomic E-state index is -3.65. The van der Waals surface area contributed by atoms with Crippen molar-refractivity contribution < 1.29 is 13.2 Å². The molecule has 1 amide bonds. The van der Waals surface area contributed by atoms with Crippen LogP contribution in [0.2, 0.25) is 0 Å².